The van der Waals surface area contributed by atoms with Crippen molar-refractivity contribution in [3.63, 3.8) is 0 Å². The molecule has 6 heteroatoms. The number of benzene rings is 1. The molecule has 146 valence electrons. The quantitative estimate of drug-likeness (QED) is 0.603. The molecular weight excluding hydrogens is 360 g/mol. The summed E-state index contributed by atoms with van der Waals surface area (Å²) in [5, 5.41) is 6.75. The number of esters is 1. The molecular formula is C21H28N2O3S. The van der Waals surface area contributed by atoms with Crippen LogP contribution in [0.15, 0.2) is 35.5 Å². The molecule has 1 aliphatic carbocycles. The maximum absolute atomic E-state index is 13.1. The summed E-state index contributed by atoms with van der Waals surface area (Å²) in [7, 11) is 1.62. The van der Waals surface area contributed by atoms with Crippen molar-refractivity contribution in [2.75, 3.05) is 7.11 Å². The van der Waals surface area contributed by atoms with Crippen LogP contribution in [0.4, 0.5) is 0 Å². The van der Waals surface area contributed by atoms with Gasteiger partial charge < -0.3 is 20.1 Å². The Labute approximate surface area is 166 Å². The molecule has 0 spiro atoms. The number of hydrogen-bond donors (Lipinski definition) is 2. The van der Waals surface area contributed by atoms with Crippen LogP contribution in [0.3, 0.4) is 0 Å². The zero-order valence-electron chi connectivity index (χ0n) is 16.4. The van der Waals surface area contributed by atoms with E-state index in [9.17, 15) is 4.79 Å². The largest absolute Gasteiger partial charge is 0.496 e. The van der Waals surface area contributed by atoms with Crippen molar-refractivity contribution in [3.05, 3.63) is 41.1 Å². The van der Waals surface area contributed by atoms with E-state index in [0.717, 1.165) is 30.5 Å². The van der Waals surface area contributed by atoms with E-state index in [1.165, 1.54) is 0 Å². The fourth-order valence-electron chi connectivity index (χ4n) is 3.92. The van der Waals surface area contributed by atoms with Gasteiger partial charge >= 0.3 is 5.97 Å². The van der Waals surface area contributed by atoms with Gasteiger partial charge in [0.25, 0.3) is 0 Å². The van der Waals surface area contributed by atoms with Gasteiger partial charge in [-0.1, -0.05) is 32.0 Å². The predicted molar refractivity (Wildman–Crippen MR) is 109 cm³/mol. The van der Waals surface area contributed by atoms with Crippen LogP contribution >= 0.6 is 12.2 Å². The van der Waals surface area contributed by atoms with Gasteiger partial charge in [-0.05, 0) is 56.3 Å². The smallest absolute Gasteiger partial charge is 0.338 e. The average molecular weight is 389 g/mol. The first kappa shape index (κ1) is 19.7. The molecule has 0 amide bonds. The van der Waals surface area contributed by atoms with E-state index in [2.05, 4.69) is 24.5 Å². The van der Waals surface area contributed by atoms with E-state index in [1.54, 1.807) is 7.11 Å². The standard InChI is InChI=1S/C21H28N2O3S/c1-12-9-10-15(11-13(12)2)26-20(24)18-14(3)22-21(27)23-19(18)16-7-5-6-8-17(16)25-4/h5-8,12-13,15,19H,9-11H2,1-4H3,(H2,22,23,27)/t12-,13-,15+,19-/m0/s1. The molecule has 4 atom stereocenters. The van der Waals surface area contributed by atoms with Crippen molar-refractivity contribution >= 4 is 23.3 Å². The second kappa shape index (κ2) is 8.30. The van der Waals surface area contributed by atoms with Crippen molar-refractivity contribution in [2.24, 2.45) is 11.8 Å². The summed E-state index contributed by atoms with van der Waals surface area (Å²) in [6.45, 7) is 6.36. The summed E-state index contributed by atoms with van der Waals surface area (Å²) in [5.41, 5.74) is 2.14. The van der Waals surface area contributed by atoms with Crippen LogP contribution in [0, 0.1) is 11.8 Å². The molecule has 3 rings (SSSR count). The lowest BCUT2D eigenvalue weighted by Crippen LogP contribution is -2.45. The number of rotatable bonds is 4. The van der Waals surface area contributed by atoms with Crippen LogP contribution in [0.25, 0.3) is 0 Å². The lowest BCUT2D eigenvalue weighted by atomic mass is 9.80. The van der Waals surface area contributed by atoms with Crippen molar-refractivity contribution < 1.29 is 14.3 Å². The molecule has 2 N–H and O–H groups in total. The minimum atomic E-state index is -0.401. The number of carbonyl (C=O) groups excluding carboxylic acids is 1. The number of carbonyl (C=O) groups is 1. The molecule has 0 bridgehead atoms. The molecule has 5 nitrogen and oxygen atoms in total. The minimum Gasteiger partial charge on any atom is -0.496 e. The third-order valence-corrected chi connectivity index (χ3v) is 5.98. The Morgan fingerprint density at radius 2 is 1.93 bits per heavy atom. The number of ether oxygens (including phenoxy) is 2. The topological polar surface area (TPSA) is 59.6 Å². The number of thiocarbonyl (C=S) groups is 1. The SMILES string of the molecule is COc1ccccc1[C@@H]1NC(=S)NC(C)=C1C(=O)O[C@@H]1CC[C@H](C)[C@@H](C)C1. The van der Waals surface area contributed by atoms with Gasteiger partial charge in [-0.25, -0.2) is 4.79 Å². The second-order valence-electron chi connectivity index (χ2n) is 7.61. The highest BCUT2D eigenvalue weighted by Crippen LogP contribution is 2.35. The Hall–Kier alpha value is -2.08. The third-order valence-electron chi connectivity index (χ3n) is 5.76. The molecule has 1 fully saturated rings. The third kappa shape index (κ3) is 4.26. The van der Waals surface area contributed by atoms with Gasteiger partial charge in [-0.3, -0.25) is 0 Å². The lowest BCUT2D eigenvalue weighted by molar-refractivity contribution is -0.147. The molecule has 1 aliphatic heterocycles. The Balaban J connectivity index is 1.87. The van der Waals surface area contributed by atoms with Gasteiger partial charge in [0.2, 0.25) is 0 Å². The number of allylic oxidation sites excluding steroid dienone is 1. The van der Waals surface area contributed by atoms with Gasteiger partial charge in [0.15, 0.2) is 5.11 Å². The van der Waals surface area contributed by atoms with Gasteiger partial charge in [0.05, 0.1) is 18.7 Å². The van der Waals surface area contributed by atoms with Crippen LogP contribution in [-0.4, -0.2) is 24.3 Å². The second-order valence-corrected chi connectivity index (χ2v) is 8.02. The summed E-state index contributed by atoms with van der Waals surface area (Å²) >= 11 is 5.32. The lowest BCUT2D eigenvalue weighted by Gasteiger charge is -2.34. The summed E-state index contributed by atoms with van der Waals surface area (Å²) in [6.07, 6.45) is 2.89. The molecule has 27 heavy (non-hydrogen) atoms. The van der Waals surface area contributed by atoms with Crippen molar-refractivity contribution in [2.45, 2.75) is 52.2 Å². The molecule has 0 aromatic heterocycles. The number of methoxy groups -OCH3 is 1. The first-order chi connectivity index (χ1) is 12.9. The molecule has 1 saturated carbocycles. The zero-order chi connectivity index (χ0) is 19.6. The highest BCUT2D eigenvalue weighted by Gasteiger charge is 2.35. The van der Waals surface area contributed by atoms with E-state index in [-0.39, 0.29) is 12.1 Å². The Morgan fingerprint density at radius 1 is 1.19 bits per heavy atom. The van der Waals surface area contributed by atoms with Crippen molar-refractivity contribution in [3.8, 4) is 5.75 Å². The number of para-hydroxylation sites is 1. The summed E-state index contributed by atoms with van der Waals surface area (Å²) in [6, 6.07) is 7.25. The average Bonchev–Trinajstić information content (AvgIpc) is 2.64. The fourth-order valence-corrected chi connectivity index (χ4v) is 4.19. The Kier molecular flexibility index (Phi) is 6.05. The highest BCUT2D eigenvalue weighted by molar-refractivity contribution is 7.80. The van der Waals surface area contributed by atoms with E-state index < -0.39 is 6.04 Å². The molecule has 2 aliphatic rings. The highest BCUT2D eigenvalue weighted by atomic mass is 32.1. The van der Waals surface area contributed by atoms with Crippen LogP contribution in [0.5, 0.6) is 5.75 Å². The van der Waals surface area contributed by atoms with Gasteiger partial charge in [-0.2, -0.15) is 0 Å². The summed E-state index contributed by atoms with van der Waals surface area (Å²) in [5.74, 6) is 1.65. The summed E-state index contributed by atoms with van der Waals surface area (Å²) in [4.78, 5) is 13.1. The molecule has 0 saturated heterocycles. The number of hydrogen-bond acceptors (Lipinski definition) is 4. The van der Waals surface area contributed by atoms with E-state index >= 15 is 0 Å². The molecule has 0 radical (unpaired) electrons. The molecule has 1 aromatic rings. The molecule has 1 aromatic carbocycles. The van der Waals surface area contributed by atoms with Gasteiger partial charge in [0.1, 0.15) is 11.9 Å². The number of nitrogens with one attached hydrogen (secondary N) is 2. The zero-order valence-corrected chi connectivity index (χ0v) is 17.2. The monoisotopic (exact) mass is 388 g/mol. The Bertz CT molecular complexity index is 762. The fraction of sp³-hybridized carbons (Fsp3) is 0.524. The minimum absolute atomic E-state index is 0.0313. The van der Waals surface area contributed by atoms with Gasteiger partial charge in [0, 0.05) is 11.3 Å². The maximum atomic E-state index is 13.1. The predicted octanol–water partition coefficient (Wildman–Crippen LogP) is 3.86. The van der Waals surface area contributed by atoms with Crippen LogP contribution in [0.1, 0.15) is 51.6 Å². The van der Waals surface area contributed by atoms with Gasteiger partial charge in [-0.15, -0.1) is 0 Å². The van der Waals surface area contributed by atoms with E-state index in [4.69, 9.17) is 21.7 Å². The van der Waals surface area contributed by atoms with E-state index in [0.29, 0.717) is 28.3 Å². The maximum Gasteiger partial charge on any atom is 0.338 e. The van der Waals surface area contributed by atoms with Crippen molar-refractivity contribution in [1.82, 2.24) is 10.6 Å². The summed E-state index contributed by atoms with van der Waals surface area (Å²) < 4.78 is 11.4. The first-order valence-corrected chi connectivity index (χ1v) is 9.93. The van der Waals surface area contributed by atoms with Crippen LogP contribution in [0.2, 0.25) is 0 Å². The van der Waals surface area contributed by atoms with Crippen molar-refractivity contribution in [1.29, 1.82) is 0 Å². The van der Waals surface area contributed by atoms with E-state index in [1.807, 2.05) is 31.2 Å². The van der Waals surface area contributed by atoms with Crippen LogP contribution in [-0.2, 0) is 9.53 Å². The Morgan fingerprint density at radius 3 is 2.63 bits per heavy atom. The molecule has 0 unspecified atom stereocenters. The van der Waals surface area contributed by atoms with Crippen LogP contribution < -0.4 is 15.4 Å². The normalized spacial score (nSPS) is 28.2. The first-order valence-electron chi connectivity index (χ1n) is 9.52. The molecule has 1 heterocycles.